The quantitative estimate of drug-likeness (QED) is 0.423. The van der Waals surface area contributed by atoms with E-state index in [4.69, 9.17) is 15.6 Å². The molecule has 1 rings (SSSR count). The molecule has 2 N–H and O–H groups in total. The summed E-state index contributed by atoms with van der Waals surface area (Å²) < 4.78 is 5.34. The Labute approximate surface area is 124 Å². The summed E-state index contributed by atoms with van der Waals surface area (Å²) >= 11 is 0. The maximum atomic E-state index is 7.95. The Balaban J connectivity index is 0.00000172. The lowest BCUT2D eigenvalue weighted by Crippen LogP contribution is -2.31. The summed E-state index contributed by atoms with van der Waals surface area (Å²) in [5, 5.41) is 15.7. The Morgan fingerprint density at radius 3 is 2.55 bits per heavy atom. The van der Waals surface area contributed by atoms with Crippen LogP contribution in [0.5, 0.6) is 0 Å². The highest BCUT2D eigenvalue weighted by atomic mass is 16.5. The van der Waals surface area contributed by atoms with E-state index in [1.165, 1.54) is 12.8 Å². The molecule has 0 bridgehead atoms. The minimum atomic E-state index is 0.0213. The van der Waals surface area contributed by atoms with Crippen LogP contribution >= 0.6 is 0 Å². The van der Waals surface area contributed by atoms with E-state index in [1.54, 1.807) is 0 Å². The van der Waals surface area contributed by atoms with Crippen LogP contribution in [0.1, 0.15) is 52.9 Å². The Kier molecular flexibility index (Phi) is 11.0. The predicted molar refractivity (Wildman–Crippen MR) is 87.1 cm³/mol. The van der Waals surface area contributed by atoms with E-state index in [2.05, 4.69) is 17.9 Å². The molecule has 0 saturated carbocycles. The number of hydrogen-bond acceptors (Lipinski definition) is 4. The van der Waals surface area contributed by atoms with E-state index < -0.39 is 0 Å². The molecular weight excluding hydrogens is 250 g/mol. The number of nitrogens with one attached hydrogen (secondary N) is 2. The van der Waals surface area contributed by atoms with E-state index in [-0.39, 0.29) is 11.6 Å². The maximum absolute atomic E-state index is 7.95. The fraction of sp³-hybridized carbons (Fsp3) is 0.750. The molecule has 0 aromatic heterocycles. The lowest BCUT2D eigenvalue weighted by Gasteiger charge is -2.23. The van der Waals surface area contributed by atoms with E-state index in [1.807, 2.05) is 20.9 Å². The van der Waals surface area contributed by atoms with Gasteiger partial charge in [-0.3, -0.25) is 10.8 Å². The first-order valence-corrected chi connectivity index (χ1v) is 7.83. The van der Waals surface area contributed by atoms with Crippen LogP contribution in [0.2, 0.25) is 0 Å². The molecule has 4 heteroatoms. The number of nitrogens with zero attached hydrogens (tertiary/aromatic N) is 1. The second-order valence-corrected chi connectivity index (χ2v) is 4.87. The average molecular weight is 281 g/mol. The van der Waals surface area contributed by atoms with Gasteiger partial charge >= 0.3 is 0 Å². The molecule has 1 heterocycles. The van der Waals surface area contributed by atoms with Crippen molar-refractivity contribution in [2.75, 3.05) is 26.7 Å². The van der Waals surface area contributed by atoms with Gasteiger partial charge in [-0.1, -0.05) is 46.1 Å². The summed E-state index contributed by atoms with van der Waals surface area (Å²) in [6.07, 6.45) is 7.54. The standard InChI is InChI=1S/C14H25N3O.C2H6/c1-3-4-5-6-10-18-14(16)13(15)12-8-7-9-17(2)11-12;1-2/h8,15-16H,3-7,9-11H2,1-2H3;1-2H3. The molecule has 1 aliphatic heterocycles. The van der Waals surface area contributed by atoms with Gasteiger partial charge in [0.1, 0.15) is 5.71 Å². The second kappa shape index (κ2) is 11.6. The Hall–Kier alpha value is -1.16. The largest absolute Gasteiger partial charge is 0.477 e. The van der Waals surface area contributed by atoms with Gasteiger partial charge in [0.05, 0.1) is 6.61 Å². The van der Waals surface area contributed by atoms with Crippen LogP contribution < -0.4 is 0 Å². The molecule has 0 radical (unpaired) electrons. The Morgan fingerprint density at radius 1 is 1.25 bits per heavy atom. The maximum Gasteiger partial charge on any atom is 0.232 e. The number of rotatable bonds is 7. The predicted octanol–water partition coefficient (Wildman–Crippen LogP) is 3.87. The summed E-state index contributed by atoms with van der Waals surface area (Å²) in [5.74, 6) is 0.0213. The average Bonchev–Trinajstić information content (AvgIpc) is 2.48. The van der Waals surface area contributed by atoms with Gasteiger partial charge in [0.15, 0.2) is 0 Å². The molecule has 0 fully saturated rings. The van der Waals surface area contributed by atoms with Crippen LogP contribution in [0.25, 0.3) is 0 Å². The molecule has 116 valence electrons. The van der Waals surface area contributed by atoms with Crippen molar-refractivity contribution < 1.29 is 4.74 Å². The van der Waals surface area contributed by atoms with Crippen LogP contribution in [0.3, 0.4) is 0 Å². The van der Waals surface area contributed by atoms with Crippen molar-refractivity contribution in [1.82, 2.24) is 4.90 Å². The summed E-state index contributed by atoms with van der Waals surface area (Å²) in [4.78, 5) is 2.17. The molecular formula is C16H31N3O. The molecule has 0 amide bonds. The first-order valence-electron chi connectivity index (χ1n) is 7.83. The fourth-order valence-corrected chi connectivity index (χ4v) is 2.00. The van der Waals surface area contributed by atoms with Gasteiger partial charge in [0, 0.05) is 13.1 Å². The van der Waals surface area contributed by atoms with Crippen molar-refractivity contribution in [2.24, 2.45) is 0 Å². The number of unbranched alkanes of at least 4 members (excludes halogenated alkanes) is 3. The molecule has 0 aliphatic carbocycles. The zero-order chi connectivity index (χ0) is 15.4. The van der Waals surface area contributed by atoms with E-state index in [0.29, 0.717) is 6.61 Å². The molecule has 20 heavy (non-hydrogen) atoms. The van der Waals surface area contributed by atoms with Crippen molar-refractivity contribution in [1.29, 1.82) is 10.8 Å². The van der Waals surface area contributed by atoms with Gasteiger partial charge in [-0.05, 0) is 25.5 Å². The van der Waals surface area contributed by atoms with Gasteiger partial charge in [-0.25, -0.2) is 0 Å². The summed E-state index contributed by atoms with van der Waals surface area (Å²) in [7, 11) is 2.04. The lowest BCUT2D eigenvalue weighted by atomic mass is 10.1. The highest BCUT2D eigenvalue weighted by Crippen LogP contribution is 2.10. The molecule has 0 unspecified atom stereocenters. The monoisotopic (exact) mass is 281 g/mol. The molecule has 0 atom stereocenters. The van der Waals surface area contributed by atoms with Crippen LogP contribution in [-0.2, 0) is 4.74 Å². The first-order chi connectivity index (χ1) is 9.65. The summed E-state index contributed by atoms with van der Waals surface area (Å²) in [6, 6.07) is 0. The summed E-state index contributed by atoms with van der Waals surface area (Å²) in [6.45, 7) is 8.51. The minimum Gasteiger partial charge on any atom is -0.477 e. The molecule has 4 nitrogen and oxygen atoms in total. The SMILES string of the molecule is CC.CCCCCCOC(=N)C(=N)C1=CCCN(C)C1. The normalized spacial score (nSPS) is 14.9. The second-order valence-electron chi connectivity index (χ2n) is 4.87. The number of hydrogen-bond donors (Lipinski definition) is 2. The smallest absolute Gasteiger partial charge is 0.232 e. The van der Waals surface area contributed by atoms with Gasteiger partial charge in [0.2, 0.25) is 5.90 Å². The fourth-order valence-electron chi connectivity index (χ4n) is 2.00. The zero-order valence-corrected chi connectivity index (χ0v) is 13.6. The van der Waals surface area contributed by atoms with Gasteiger partial charge < -0.3 is 9.64 Å². The Morgan fingerprint density at radius 2 is 1.95 bits per heavy atom. The van der Waals surface area contributed by atoms with E-state index in [0.717, 1.165) is 37.9 Å². The number of ether oxygens (including phenoxy) is 1. The molecule has 0 aromatic carbocycles. The third-order valence-electron chi connectivity index (χ3n) is 3.13. The molecule has 0 aromatic rings. The Bertz CT molecular complexity index is 324. The van der Waals surface area contributed by atoms with E-state index in [9.17, 15) is 0 Å². The lowest BCUT2D eigenvalue weighted by molar-refractivity contribution is 0.295. The van der Waals surface area contributed by atoms with Crippen LogP contribution in [0, 0.1) is 10.8 Å². The molecule has 0 spiro atoms. The minimum absolute atomic E-state index is 0.0213. The highest BCUT2D eigenvalue weighted by Gasteiger charge is 2.16. The van der Waals surface area contributed by atoms with Crippen molar-refractivity contribution in [3.8, 4) is 0 Å². The molecule has 0 saturated heterocycles. The van der Waals surface area contributed by atoms with Crippen LogP contribution in [-0.4, -0.2) is 43.3 Å². The highest BCUT2D eigenvalue weighted by molar-refractivity contribution is 6.43. The van der Waals surface area contributed by atoms with Gasteiger partial charge in [-0.15, -0.1) is 0 Å². The summed E-state index contributed by atoms with van der Waals surface area (Å²) in [5.41, 5.74) is 1.17. The zero-order valence-electron chi connectivity index (χ0n) is 13.6. The van der Waals surface area contributed by atoms with Gasteiger partial charge in [0.25, 0.3) is 0 Å². The first kappa shape index (κ1) is 18.8. The van der Waals surface area contributed by atoms with Crippen molar-refractivity contribution in [3.63, 3.8) is 0 Å². The van der Waals surface area contributed by atoms with Crippen molar-refractivity contribution >= 4 is 11.6 Å². The third kappa shape index (κ3) is 7.43. The topological polar surface area (TPSA) is 60.2 Å². The van der Waals surface area contributed by atoms with Crippen LogP contribution in [0.15, 0.2) is 11.6 Å². The molecule has 1 aliphatic rings. The van der Waals surface area contributed by atoms with Gasteiger partial charge in [-0.2, -0.15) is 0 Å². The third-order valence-corrected chi connectivity index (χ3v) is 3.13. The van der Waals surface area contributed by atoms with E-state index >= 15 is 0 Å². The van der Waals surface area contributed by atoms with Crippen molar-refractivity contribution in [2.45, 2.75) is 52.9 Å². The van der Waals surface area contributed by atoms with Crippen molar-refractivity contribution in [3.05, 3.63) is 11.6 Å². The number of likely N-dealkylation sites (N-methyl/N-ethyl adjacent to an activating group) is 1. The van der Waals surface area contributed by atoms with Crippen LogP contribution in [0.4, 0.5) is 0 Å².